The van der Waals surface area contributed by atoms with Crippen LogP contribution in [0.2, 0.25) is 0 Å². The Labute approximate surface area is 144 Å². The van der Waals surface area contributed by atoms with E-state index >= 15 is 0 Å². The van der Waals surface area contributed by atoms with Crippen molar-refractivity contribution < 1.29 is 9.15 Å². The molecule has 0 fully saturated rings. The average molecular weight is 328 g/mol. The molecule has 0 aliphatic carbocycles. The summed E-state index contributed by atoms with van der Waals surface area (Å²) >= 11 is 0. The minimum absolute atomic E-state index is 0.584. The molecule has 25 heavy (non-hydrogen) atoms. The van der Waals surface area contributed by atoms with E-state index in [4.69, 9.17) is 9.15 Å². The Morgan fingerprint density at radius 3 is 2.68 bits per heavy atom. The molecule has 0 bridgehead atoms. The van der Waals surface area contributed by atoms with Crippen molar-refractivity contribution in [1.82, 2.24) is 9.97 Å². The number of H-pyrrole nitrogens is 1. The minimum Gasteiger partial charge on any atom is -0.456 e. The summed E-state index contributed by atoms with van der Waals surface area (Å²) in [6.45, 7) is 4.16. The zero-order chi connectivity index (χ0) is 17.0. The van der Waals surface area contributed by atoms with Crippen LogP contribution in [0.15, 0.2) is 59.1 Å². The summed E-state index contributed by atoms with van der Waals surface area (Å²) in [6.07, 6.45) is 1.78. The lowest BCUT2D eigenvalue weighted by molar-refractivity contribution is 0.468. The predicted molar refractivity (Wildman–Crippen MR) is 99.4 cm³/mol. The lowest BCUT2D eigenvalue weighted by atomic mass is 10.1. The predicted octanol–water partition coefficient (Wildman–Crippen LogP) is 5.87. The zero-order valence-corrected chi connectivity index (χ0v) is 14.0. The lowest BCUT2D eigenvalue weighted by Crippen LogP contribution is -1.89. The highest BCUT2D eigenvalue weighted by Gasteiger charge is 2.12. The molecule has 3 aromatic heterocycles. The van der Waals surface area contributed by atoms with Gasteiger partial charge in [0.05, 0.1) is 0 Å². The Morgan fingerprint density at radius 2 is 1.76 bits per heavy atom. The molecule has 4 nitrogen and oxygen atoms in total. The molecule has 5 aromatic rings. The van der Waals surface area contributed by atoms with E-state index in [9.17, 15) is 0 Å². The first-order valence-corrected chi connectivity index (χ1v) is 8.24. The fraction of sp³-hybridized carbons (Fsp3) is 0.0952. The van der Waals surface area contributed by atoms with Crippen LogP contribution in [0.1, 0.15) is 11.3 Å². The van der Waals surface area contributed by atoms with Gasteiger partial charge in [0.25, 0.3) is 0 Å². The number of para-hydroxylation sites is 1. The van der Waals surface area contributed by atoms with Gasteiger partial charge in [0.1, 0.15) is 22.4 Å². The van der Waals surface area contributed by atoms with Crippen LogP contribution >= 0.6 is 0 Å². The summed E-state index contributed by atoms with van der Waals surface area (Å²) in [7, 11) is 0. The van der Waals surface area contributed by atoms with Crippen molar-refractivity contribution in [2.75, 3.05) is 0 Å². The number of hydrogen-bond acceptors (Lipinski definition) is 3. The maximum Gasteiger partial charge on any atom is 0.243 e. The number of rotatable bonds is 2. The summed E-state index contributed by atoms with van der Waals surface area (Å²) < 4.78 is 12.0. The van der Waals surface area contributed by atoms with Crippen LogP contribution < -0.4 is 4.74 Å². The quantitative estimate of drug-likeness (QED) is 0.441. The molecule has 0 radical (unpaired) electrons. The maximum absolute atomic E-state index is 6.10. The lowest BCUT2D eigenvalue weighted by Gasteiger charge is -2.06. The van der Waals surface area contributed by atoms with Gasteiger partial charge in [0.2, 0.25) is 5.88 Å². The van der Waals surface area contributed by atoms with Crippen LogP contribution in [0, 0.1) is 13.8 Å². The average Bonchev–Trinajstić information content (AvgIpc) is 3.14. The van der Waals surface area contributed by atoms with E-state index in [0.29, 0.717) is 5.88 Å². The third-order valence-electron chi connectivity index (χ3n) is 4.76. The fourth-order valence-corrected chi connectivity index (χ4v) is 3.32. The molecular weight excluding hydrogens is 312 g/mol. The number of fused-ring (bicyclic) bond motifs is 4. The van der Waals surface area contributed by atoms with E-state index in [1.165, 1.54) is 5.56 Å². The molecule has 0 amide bonds. The third-order valence-corrected chi connectivity index (χ3v) is 4.76. The topological polar surface area (TPSA) is 51.0 Å². The summed E-state index contributed by atoms with van der Waals surface area (Å²) in [5, 5.41) is 3.26. The molecule has 0 spiro atoms. The maximum atomic E-state index is 6.10. The largest absolute Gasteiger partial charge is 0.456 e. The van der Waals surface area contributed by atoms with Gasteiger partial charge >= 0.3 is 0 Å². The summed E-state index contributed by atoms with van der Waals surface area (Å²) in [5.74, 6) is 1.32. The van der Waals surface area contributed by atoms with Crippen molar-refractivity contribution >= 4 is 32.8 Å². The normalized spacial score (nSPS) is 11.6. The second-order valence-corrected chi connectivity index (χ2v) is 6.27. The van der Waals surface area contributed by atoms with Crippen molar-refractivity contribution in [3.05, 3.63) is 66.0 Å². The molecule has 0 aliphatic rings. The van der Waals surface area contributed by atoms with Gasteiger partial charge in [0, 0.05) is 28.0 Å². The Morgan fingerprint density at radius 1 is 0.920 bits per heavy atom. The van der Waals surface area contributed by atoms with Crippen LogP contribution in [0.5, 0.6) is 11.6 Å². The Kier molecular flexibility index (Phi) is 2.88. The van der Waals surface area contributed by atoms with E-state index < -0.39 is 0 Å². The molecule has 0 aliphatic heterocycles. The molecule has 0 saturated heterocycles. The number of benzene rings is 2. The first-order chi connectivity index (χ1) is 12.2. The van der Waals surface area contributed by atoms with Crippen LogP contribution in [-0.2, 0) is 0 Å². The highest BCUT2D eigenvalue weighted by atomic mass is 16.5. The second kappa shape index (κ2) is 5.11. The van der Waals surface area contributed by atoms with Gasteiger partial charge in [-0.2, -0.15) is 0 Å². The number of aryl methyl sites for hydroxylation is 2. The monoisotopic (exact) mass is 328 g/mol. The Hall–Kier alpha value is -3.27. The van der Waals surface area contributed by atoms with E-state index in [-0.39, 0.29) is 0 Å². The van der Waals surface area contributed by atoms with Gasteiger partial charge in [-0.25, -0.2) is 4.98 Å². The van der Waals surface area contributed by atoms with Gasteiger partial charge in [-0.1, -0.05) is 18.2 Å². The SMILES string of the molecule is Cc1[nH]c2c(Oc3ccc4oc5ccccc5c4c3)nccc2c1C. The van der Waals surface area contributed by atoms with Crippen LogP contribution in [0.3, 0.4) is 0 Å². The standard InChI is InChI=1S/C21H16N2O2/c1-12-13(2)23-20-15(12)9-10-22-21(20)24-14-7-8-19-17(11-14)16-5-3-4-6-18(16)25-19/h3-11,23H,1-2H3. The number of hydrogen-bond donors (Lipinski definition) is 1. The molecule has 0 unspecified atom stereocenters. The first-order valence-electron chi connectivity index (χ1n) is 8.24. The van der Waals surface area contributed by atoms with Crippen molar-refractivity contribution in [2.24, 2.45) is 0 Å². The van der Waals surface area contributed by atoms with Crippen LogP contribution in [-0.4, -0.2) is 9.97 Å². The zero-order valence-electron chi connectivity index (χ0n) is 14.0. The van der Waals surface area contributed by atoms with Gasteiger partial charge in [-0.3, -0.25) is 0 Å². The van der Waals surface area contributed by atoms with Crippen molar-refractivity contribution in [3.63, 3.8) is 0 Å². The Bertz CT molecular complexity index is 1250. The molecular formula is C21H16N2O2. The van der Waals surface area contributed by atoms with Crippen LogP contribution in [0.25, 0.3) is 32.8 Å². The number of ether oxygens (including phenoxy) is 1. The number of nitrogens with zero attached hydrogens (tertiary/aromatic N) is 1. The van der Waals surface area contributed by atoms with Gasteiger partial charge in [-0.05, 0) is 49.7 Å². The summed E-state index contributed by atoms with van der Waals surface area (Å²) in [6, 6.07) is 15.9. The fourth-order valence-electron chi connectivity index (χ4n) is 3.32. The molecule has 3 heterocycles. The third kappa shape index (κ3) is 2.11. The molecule has 0 atom stereocenters. The van der Waals surface area contributed by atoms with E-state index in [0.717, 1.165) is 44.3 Å². The number of furan rings is 1. The number of pyridine rings is 1. The van der Waals surface area contributed by atoms with E-state index in [1.807, 2.05) is 42.5 Å². The van der Waals surface area contributed by atoms with Crippen molar-refractivity contribution in [3.8, 4) is 11.6 Å². The molecule has 1 N–H and O–H groups in total. The first kappa shape index (κ1) is 14.1. The smallest absolute Gasteiger partial charge is 0.243 e. The van der Waals surface area contributed by atoms with Crippen LogP contribution in [0.4, 0.5) is 0 Å². The highest BCUT2D eigenvalue weighted by Crippen LogP contribution is 2.34. The molecule has 0 saturated carbocycles. The number of aromatic nitrogens is 2. The highest BCUT2D eigenvalue weighted by molar-refractivity contribution is 6.05. The molecule has 4 heteroatoms. The van der Waals surface area contributed by atoms with E-state index in [1.54, 1.807) is 6.20 Å². The van der Waals surface area contributed by atoms with Crippen molar-refractivity contribution in [2.45, 2.75) is 13.8 Å². The van der Waals surface area contributed by atoms with Crippen molar-refractivity contribution in [1.29, 1.82) is 0 Å². The van der Waals surface area contributed by atoms with Gasteiger partial charge in [-0.15, -0.1) is 0 Å². The molecule has 5 rings (SSSR count). The van der Waals surface area contributed by atoms with E-state index in [2.05, 4.69) is 29.9 Å². The molecule has 122 valence electrons. The van der Waals surface area contributed by atoms with Gasteiger partial charge < -0.3 is 14.1 Å². The summed E-state index contributed by atoms with van der Waals surface area (Å²) in [4.78, 5) is 7.78. The number of aromatic amines is 1. The minimum atomic E-state index is 0.584. The number of nitrogens with one attached hydrogen (secondary N) is 1. The second-order valence-electron chi connectivity index (χ2n) is 6.27. The Balaban J connectivity index is 1.65. The van der Waals surface area contributed by atoms with Gasteiger partial charge in [0.15, 0.2) is 0 Å². The summed E-state index contributed by atoms with van der Waals surface area (Å²) in [5.41, 5.74) is 5.01. The molecule has 2 aromatic carbocycles.